The third-order valence-electron chi connectivity index (χ3n) is 2.57. The molecule has 0 aromatic rings. The summed E-state index contributed by atoms with van der Waals surface area (Å²) in [5.74, 6) is -3.62. The minimum atomic E-state index is -1.27. The first kappa shape index (κ1) is 15.7. The van der Waals surface area contributed by atoms with Gasteiger partial charge in [-0.1, -0.05) is 13.8 Å². The molecule has 1 unspecified atom stereocenters. The third kappa shape index (κ3) is 3.60. The van der Waals surface area contributed by atoms with Crippen LogP contribution in [-0.2, 0) is 19.1 Å². The summed E-state index contributed by atoms with van der Waals surface area (Å²) < 4.78 is 9.05. The van der Waals surface area contributed by atoms with E-state index >= 15 is 0 Å². The van der Waals surface area contributed by atoms with Crippen molar-refractivity contribution in [1.82, 2.24) is 0 Å². The van der Waals surface area contributed by atoms with Gasteiger partial charge in [-0.15, -0.1) is 11.6 Å². The minimum Gasteiger partial charge on any atom is -0.468 e. The largest absolute Gasteiger partial charge is 0.468 e. The van der Waals surface area contributed by atoms with Crippen LogP contribution in [0.4, 0.5) is 0 Å². The maximum Gasteiger partial charge on any atom is 0.321 e. The highest BCUT2D eigenvalue weighted by Crippen LogP contribution is 2.34. The highest BCUT2D eigenvalue weighted by Gasteiger charge is 2.45. The van der Waals surface area contributed by atoms with Crippen molar-refractivity contribution >= 4 is 23.5 Å². The van der Waals surface area contributed by atoms with E-state index < -0.39 is 29.2 Å². The predicted molar refractivity (Wildman–Crippen MR) is 61.1 cm³/mol. The molecular formula is C11H16ClNO4. The van der Waals surface area contributed by atoms with Gasteiger partial charge in [0.1, 0.15) is 0 Å². The number of hydrogen-bond acceptors (Lipinski definition) is 5. The Morgan fingerprint density at radius 1 is 1.29 bits per heavy atom. The summed E-state index contributed by atoms with van der Waals surface area (Å²) in [5, 5.41) is 9.13. The smallest absolute Gasteiger partial charge is 0.321 e. The van der Waals surface area contributed by atoms with Crippen LogP contribution in [0.2, 0.25) is 0 Å². The van der Waals surface area contributed by atoms with Crippen LogP contribution in [0.3, 0.4) is 0 Å². The van der Waals surface area contributed by atoms with Gasteiger partial charge in [-0.05, 0) is 5.41 Å². The third-order valence-corrected chi connectivity index (χ3v) is 3.26. The predicted octanol–water partition coefficient (Wildman–Crippen LogP) is 1.35. The number of nitriles is 1. The Morgan fingerprint density at radius 2 is 1.71 bits per heavy atom. The number of carbonyl (C=O) groups excluding carboxylic acids is 2. The maximum absolute atomic E-state index is 11.6. The molecule has 0 heterocycles. The van der Waals surface area contributed by atoms with Gasteiger partial charge in [-0.25, -0.2) is 0 Å². The summed E-state index contributed by atoms with van der Waals surface area (Å²) in [6.45, 7) is 3.40. The van der Waals surface area contributed by atoms with Gasteiger partial charge >= 0.3 is 11.9 Å². The summed E-state index contributed by atoms with van der Waals surface area (Å²) in [6.07, 6.45) is 0. The van der Waals surface area contributed by atoms with E-state index in [2.05, 4.69) is 9.47 Å². The lowest BCUT2D eigenvalue weighted by Gasteiger charge is -2.30. The topological polar surface area (TPSA) is 76.4 Å². The van der Waals surface area contributed by atoms with E-state index in [1.807, 2.05) is 6.07 Å². The Labute approximate surface area is 106 Å². The lowest BCUT2D eigenvalue weighted by molar-refractivity contribution is -0.162. The van der Waals surface area contributed by atoms with Crippen molar-refractivity contribution in [3.8, 4) is 6.07 Å². The summed E-state index contributed by atoms with van der Waals surface area (Å²) in [4.78, 5) is 23.1. The van der Waals surface area contributed by atoms with Gasteiger partial charge in [0.05, 0.1) is 26.2 Å². The number of hydrogen-bond donors (Lipinski definition) is 0. The van der Waals surface area contributed by atoms with E-state index in [0.717, 1.165) is 14.2 Å². The molecule has 0 N–H and O–H groups in total. The van der Waals surface area contributed by atoms with Crippen LogP contribution in [0.15, 0.2) is 0 Å². The van der Waals surface area contributed by atoms with Crippen molar-refractivity contribution < 1.29 is 19.1 Å². The van der Waals surface area contributed by atoms with Crippen LogP contribution in [0.25, 0.3) is 0 Å². The number of alkyl halides is 1. The molecule has 0 aromatic carbocycles. The zero-order valence-electron chi connectivity index (χ0n) is 10.3. The van der Waals surface area contributed by atoms with Gasteiger partial charge < -0.3 is 9.47 Å². The Kier molecular flexibility index (Phi) is 5.97. The van der Waals surface area contributed by atoms with Crippen molar-refractivity contribution in [2.75, 3.05) is 20.1 Å². The molecule has 0 amide bonds. The molecule has 0 aliphatic heterocycles. The number of ether oxygens (including phenoxy) is 2. The van der Waals surface area contributed by atoms with Crippen molar-refractivity contribution in [2.45, 2.75) is 13.8 Å². The second-order valence-electron chi connectivity index (χ2n) is 4.25. The maximum atomic E-state index is 11.6. The molecule has 17 heavy (non-hydrogen) atoms. The molecule has 0 aliphatic carbocycles. The first-order valence-electron chi connectivity index (χ1n) is 4.97. The fourth-order valence-corrected chi connectivity index (χ4v) is 1.57. The van der Waals surface area contributed by atoms with E-state index in [1.165, 1.54) is 0 Å². The molecule has 0 saturated heterocycles. The summed E-state index contributed by atoms with van der Waals surface area (Å²) in [5.41, 5.74) is -0.705. The standard InChI is InChI=1S/C11H16ClNO4/c1-11(2,6-12)7(5-13)8(9(14)16-3)10(15)17-4/h7-8H,6H2,1-4H3. The Balaban J connectivity index is 5.36. The second kappa shape index (κ2) is 6.45. The molecule has 6 heteroatoms. The molecule has 0 bridgehead atoms. The van der Waals surface area contributed by atoms with Crippen LogP contribution in [0.1, 0.15) is 13.8 Å². The normalized spacial score (nSPS) is 12.8. The van der Waals surface area contributed by atoms with Gasteiger partial charge in [0.2, 0.25) is 0 Å². The Morgan fingerprint density at radius 3 is 1.94 bits per heavy atom. The average molecular weight is 262 g/mol. The Hall–Kier alpha value is -1.28. The molecule has 96 valence electrons. The number of carbonyl (C=O) groups is 2. The van der Waals surface area contributed by atoms with Crippen molar-refractivity contribution in [3.63, 3.8) is 0 Å². The lowest BCUT2D eigenvalue weighted by Crippen LogP contribution is -2.41. The number of halogens is 1. The van der Waals surface area contributed by atoms with Crippen molar-refractivity contribution in [1.29, 1.82) is 5.26 Å². The van der Waals surface area contributed by atoms with E-state index in [9.17, 15) is 9.59 Å². The number of esters is 2. The second-order valence-corrected chi connectivity index (χ2v) is 4.52. The minimum absolute atomic E-state index is 0.135. The monoisotopic (exact) mass is 261 g/mol. The number of nitrogens with zero attached hydrogens (tertiary/aromatic N) is 1. The van der Waals surface area contributed by atoms with Crippen LogP contribution >= 0.6 is 11.6 Å². The van der Waals surface area contributed by atoms with E-state index in [4.69, 9.17) is 16.9 Å². The van der Waals surface area contributed by atoms with E-state index in [0.29, 0.717) is 0 Å². The quantitative estimate of drug-likeness (QED) is 0.424. The molecule has 0 fully saturated rings. The summed E-state index contributed by atoms with van der Waals surface area (Å²) in [7, 11) is 2.31. The van der Waals surface area contributed by atoms with Gasteiger partial charge in [0, 0.05) is 5.88 Å². The lowest BCUT2D eigenvalue weighted by atomic mass is 9.73. The van der Waals surface area contributed by atoms with Gasteiger partial charge in [0.25, 0.3) is 0 Å². The molecule has 1 atom stereocenters. The summed E-state index contributed by atoms with van der Waals surface area (Å²) >= 11 is 5.75. The van der Waals surface area contributed by atoms with Crippen LogP contribution < -0.4 is 0 Å². The van der Waals surface area contributed by atoms with Crippen molar-refractivity contribution in [3.05, 3.63) is 0 Å². The molecule has 0 aliphatic rings. The molecule has 5 nitrogen and oxygen atoms in total. The molecular weight excluding hydrogens is 246 g/mol. The van der Waals surface area contributed by atoms with Crippen LogP contribution in [0, 0.1) is 28.6 Å². The first-order valence-corrected chi connectivity index (χ1v) is 5.50. The average Bonchev–Trinajstić information content (AvgIpc) is 2.33. The van der Waals surface area contributed by atoms with Gasteiger partial charge in [-0.3, -0.25) is 9.59 Å². The van der Waals surface area contributed by atoms with Crippen LogP contribution in [0.5, 0.6) is 0 Å². The van der Waals surface area contributed by atoms with E-state index in [1.54, 1.807) is 13.8 Å². The first-order chi connectivity index (χ1) is 7.85. The number of methoxy groups -OCH3 is 2. The highest BCUT2D eigenvalue weighted by molar-refractivity contribution is 6.18. The Bertz CT molecular complexity index is 319. The SMILES string of the molecule is COC(=O)C(C(=O)OC)C(C#N)C(C)(C)CCl. The van der Waals surface area contributed by atoms with Crippen molar-refractivity contribution in [2.24, 2.45) is 17.3 Å². The van der Waals surface area contributed by atoms with Gasteiger partial charge in [-0.2, -0.15) is 5.26 Å². The molecule has 0 spiro atoms. The summed E-state index contributed by atoms with van der Waals surface area (Å²) in [6, 6.07) is 1.94. The molecule has 0 saturated carbocycles. The van der Waals surface area contributed by atoms with Crippen LogP contribution in [-0.4, -0.2) is 32.0 Å². The zero-order valence-corrected chi connectivity index (χ0v) is 11.1. The molecule has 0 radical (unpaired) electrons. The fraction of sp³-hybridized carbons (Fsp3) is 0.727. The highest BCUT2D eigenvalue weighted by atomic mass is 35.5. The number of rotatable bonds is 5. The zero-order chi connectivity index (χ0) is 13.6. The van der Waals surface area contributed by atoms with Gasteiger partial charge in [0.15, 0.2) is 5.92 Å². The molecule has 0 rings (SSSR count). The molecule has 0 aromatic heterocycles. The van der Waals surface area contributed by atoms with E-state index in [-0.39, 0.29) is 5.88 Å². The fourth-order valence-electron chi connectivity index (χ4n) is 1.41.